The Morgan fingerprint density at radius 1 is 1.43 bits per heavy atom. The minimum atomic E-state index is 0. The highest BCUT2D eigenvalue weighted by Gasteiger charge is 2.18. The molecule has 5 nitrogen and oxygen atoms in total. The summed E-state index contributed by atoms with van der Waals surface area (Å²) in [4.78, 5) is 6.78. The van der Waals surface area contributed by atoms with Gasteiger partial charge in [-0.1, -0.05) is 6.92 Å². The molecule has 0 radical (unpaired) electrons. The second-order valence-electron chi connectivity index (χ2n) is 5.77. The molecule has 0 aromatic carbocycles. The van der Waals surface area contributed by atoms with Gasteiger partial charge in [0.2, 0.25) is 0 Å². The van der Waals surface area contributed by atoms with Crippen molar-refractivity contribution in [2.75, 3.05) is 26.7 Å². The first-order valence-electron chi connectivity index (χ1n) is 7.62. The van der Waals surface area contributed by atoms with Gasteiger partial charge < -0.3 is 10.2 Å². The van der Waals surface area contributed by atoms with E-state index >= 15 is 0 Å². The first-order valence-corrected chi connectivity index (χ1v) is 7.62. The van der Waals surface area contributed by atoms with Crippen LogP contribution < -0.4 is 5.32 Å². The number of hydrogen-bond donors (Lipinski definition) is 1. The fourth-order valence-electron chi connectivity index (χ4n) is 2.65. The molecule has 2 rings (SSSR count). The molecule has 1 fully saturated rings. The van der Waals surface area contributed by atoms with Crippen LogP contribution in [0.3, 0.4) is 0 Å². The summed E-state index contributed by atoms with van der Waals surface area (Å²) in [5.74, 6) is 1.91. The molecule has 0 unspecified atom stereocenters. The summed E-state index contributed by atoms with van der Waals surface area (Å²) in [5.41, 5.74) is 1.30. The number of rotatable bonds is 4. The molecule has 0 aliphatic carbocycles. The fraction of sp³-hybridized carbons (Fsp3) is 0.733. The van der Waals surface area contributed by atoms with Crippen LogP contribution in [0.2, 0.25) is 0 Å². The molecule has 0 bridgehead atoms. The number of nitrogens with zero attached hydrogens (tertiary/aromatic N) is 4. The highest BCUT2D eigenvalue weighted by Crippen LogP contribution is 2.15. The van der Waals surface area contributed by atoms with Crippen molar-refractivity contribution < 1.29 is 0 Å². The highest BCUT2D eigenvalue weighted by atomic mass is 127. The van der Waals surface area contributed by atoms with E-state index in [2.05, 4.69) is 33.4 Å². The first-order chi connectivity index (χ1) is 9.69. The molecule has 21 heavy (non-hydrogen) atoms. The van der Waals surface area contributed by atoms with E-state index in [1.54, 1.807) is 0 Å². The van der Waals surface area contributed by atoms with Crippen molar-refractivity contribution in [1.82, 2.24) is 20.0 Å². The van der Waals surface area contributed by atoms with Gasteiger partial charge in [-0.15, -0.1) is 24.0 Å². The van der Waals surface area contributed by atoms with Gasteiger partial charge in [0.1, 0.15) is 0 Å². The number of nitrogens with one attached hydrogen (secondary N) is 1. The van der Waals surface area contributed by atoms with E-state index < -0.39 is 0 Å². The minimum absolute atomic E-state index is 0. The van der Waals surface area contributed by atoms with E-state index in [-0.39, 0.29) is 24.0 Å². The zero-order valence-corrected chi connectivity index (χ0v) is 15.7. The fourth-order valence-corrected chi connectivity index (χ4v) is 2.65. The molecule has 2 heterocycles. The van der Waals surface area contributed by atoms with Gasteiger partial charge in [0.25, 0.3) is 0 Å². The number of likely N-dealkylation sites (tertiary alicyclic amines) is 1. The summed E-state index contributed by atoms with van der Waals surface area (Å²) in [6, 6.07) is 0. The van der Waals surface area contributed by atoms with Crippen LogP contribution in [0, 0.1) is 5.92 Å². The Hall–Kier alpha value is -0.790. The molecule has 1 aliphatic heterocycles. The molecule has 1 aromatic rings. The quantitative estimate of drug-likeness (QED) is 0.362. The molecule has 6 heteroatoms. The van der Waals surface area contributed by atoms with E-state index in [0.717, 1.165) is 44.4 Å². The van der Waals surface area contributed by atoms with Crippen molar-refractivity contribution in [3.63, 3.8) is 0 Å². The number of guanidine groups is 1. The number of aromatic nitrogens is 2. The molecule has 0 atom stereocenters. The van der Waals surface area contributed by atoms with Crippen LogP contribution in [0.15, 0.2) is 17.4 Å². The molecular formula is C15H28IN5. The Morgan fingerprint density at radius 2 is 2.14 bits per heavy atom. The highest BCUT2D eigenvalue weighted by molar-refractivity contribution is 14.0. The predicted octanol–water partition coefficient (Wildman–Crippen LogP) is 2.28. The number of aryl methyl sites for hydroxylation is 2. The van der Waals surface area contributed by atoms with Crippen molar-refractivity contribution in [1.29, 1.82) is 0 Å². The molecule has 120 valence electrons. The zero-order chi connectivity index (χ0) is 14.4. The molecule has 1 aromatic heterocycles. The lowest BCUT2D eigenvalue weighted by Crippen LogP contribution is -2.45. The Balaban J connectivity index is 0.00000220. The van der Waals surface area contributed by atoms with Crippen LogP contribution in [0.4, 0.5) is 0 Å². The van der Waals surface area contributed by atoms with Gasteiger partial charge in [0, 0.05) is 39.9 Å². The second-order valence-corrected chi connectivity index (χ2v) is 5.77. The van der Waals surface area contributed by atoms with Gasteiger partial charge in [0.15, 0.2) is 5.96 Å². The normalized spacial score (nSPS) is 16.7. The molecular weight excluding hydrogens is 377 g/mol. The monoisotopic (exact) mass is 405 g/mol. The largest absolute Gasteiger partial charge is 0.356 e. The number of piperidine rings is 1. The maximum absolute atomic E-state index is 4.40. The van der Waals surface area contributed by atoms with Crippen molar-refractivity contribution in [2.45, 2.75) is 32.6 Å². The predicted molar refractivity (Wildman–Crippen MR) is 98.3 cm³/mol. The smallest absolute Gasteiger partial charge is 0.193 e. The van der Waals surface area contributed by atoms with Crippen LogP contribution >= 0.6 is 24.0 Å². The van der Waals surface area contributed by atoms with E-state index in [4.69, 9.17) is 0 Å². The van der Waals surface area contributed by atoms with Crippen LogP contribution in [0.5, 0.6) is 0 Å². The summed E-state index contributed by atoms with van der Waals surface area (Å²) < 4.78 is 1.86. The summed E-state index contributed by atoms with van der Waals surface area (Å²) >= 11 is 0. The standard InChI is InChI=1S/C15H27N5.HI/c1-13-6-9-20(10-7-13)15(16-2)17-8-4-5-14-11-18-19(3)12-14;/h11-13H,4-10H2,1-3H3,(H,16,17);1H. The van der Waals surface area contributed by atoms with Gasteiger partial charge >= 0.3 is 0 Å². The lowest BCUT2D eigenvalue weighted by atomic mass is 10.00. The zero-order valence-electron chi connectivity index (χ0n) is 13.4. The molecule has 0 spiro atoms. The van der Waals surface area contributed by atoms with Gasteiger partial charge in [0.05, 0.1) is 6.20 Å². The van der Waals surface area contributed by atoms with E-state index in [0.29, 0.717) is 0 Å². The summed E-state index contributed by atoms with van der Waals surface area (Å²) in [5, 5.41) is 7.67. The summed E-state index contributed by atoms with van der Waals surface area (Å²) in [6.45, 7) is 5.56. The van der Waals surface area contributed by atoms with Crippen LogP contribution in [-0.2, 0) is 13.5 Å². The van der Waals surface area contributed by atoms with E-state index in [1.165, 1.54) is 18.4 Å². The summed E-state index contributed by atoms with van der Waals surface area (Å²) in [6.07, 6.45) is 8.75. The van der Waals surface area contributed by atoms with Crippen LogP contribution in [0.1, 0.15) is 31.7 Å². The third-order valence-electron chi connectivity index (χ3n) is 3.98. The van der Waals surface area contributed by atoms with Crippen molar-refractivity contribution >= 4 is 29.9 Å². The molecule has 1 N–H and O–H groups in total. The number of aliphatic imine (C=N–C) groups is 1. The number of halogens is 1. The average Bonchev–Trinajstić information content (AvgIpc) is 2.86. The van der Waals surface area contributed by atoms with Gasteiger partial charge in [-0.3, -0.25) is 9.67 Å². The maximum Gasteiger partial charge on any atom is 0.193 e. The molecule has 0 saturated carbocycles. The van der Waals surface area contributed by atoms with Crippen LogP contribution in [0.25, 0.3) is 0 Å². The van der Waals surface area contributed by atoms with Crippen molar-refractivity contribution in [3.05, 3.63) is 18.0 Å². The topological polar surface area (TPSA) is 45.5 Å². The van der Waals surface area contributed by atoms with Crippen LogP contribution in [-0.4, -0.2) is 47.3 Å². The van der Waals surface area contributed by atoms with Gasteiger partial charge in [-0.2, -0.15) is 5.10 Å². The minimum Gasteiger partial charge on any atom is -0.356 e. The maximum atomic E-state index is 4.40. The Bertz CT molecular complexity index is 435. The lowest BCUT2D eigenvalue weighted by Gasteiger charge is -2.32. The molecule has 1 saturated heterocycles. The molecule has 1 aliphatic rings. The number of hydrogen-bond acceptors (Lipinski definition) is 2. The first kappa shape index (κ1) is 18.3. The third kappa shape index (κ3) is 5.84. The van der Waals surface area contributed by atoms with Gasteiger partial charge in [-0.25, -0.2) is 0 Å². The van der Waals surface area contributed by atoms with E-state index in [9.17, 15) is 0 Å². The lowest BCUT2D eigenvalue weighted by molar-refractivity contribution is 0.273. The summed E-state index contributed by atoms with van der Waals surface area (Å²) in [7, 11) is 3.84. The second kappa shape index (κ2) is 9.27. The Labute approximate surface area is 145 Å². The van der Waals surface area contributed by atoms with Crippen molar-refractivity contribution in [3.8, 4) is 0 Å². The Kier molecular flexibility index (Phi) is 8.06. The molecule has 0 amide bonds. The third-order valence-corrected chi connectivity index (χ3v) is 3.98. The van der Waals surface area contributed by atoms with Gasteiger partial charge in [-0.05, 0) is 37.2 Å². The van der Waals surface area contributed by atoms with E-state index in [1.807, 2.05) is 25.0 Å². The van der Waals surface area contributed by atoms with Crippen molar-refractivity contribution in [2.24, 2.45) is 18.0 Å². The Morgan fingerprint density at radius 3 is 2.71 bits per heavy atom. The SMILES string of the molecule is CN=C(NCCCc1cnn(C)c1)N1CCC(C)CC1.I. The average molecular weight is 405 g/mol.